The van der Waals surface area contributed by atoms with Crippen LogP contribution in [0.15, 0.2) is 49.1 Å². The summed E-state index contributed by atoms with van der Waals surface area (Å²) in [5, 5.41) is 12.5. The van der Waals surface area contributed by atoms with Crippen molar-refractivity contribution in [1.82, 2.24) is 14.5 Å². The maximum atomic E-state index is 13.6. The van der Waals surface area contributed by atoms with E-state index in [9.17, 15) is 14.9 Å². The number of nitro benzene ring substituents is 1. The fourth-order valence-electron chi connectivity index (χ4n) is 3.52. The molecule has 10 heteroatoms. The van der Waals surface area contributed by atoms with E-state index in [0.717, 1.165) is 15.8 Å². The van der Waals surface area contributed by atoms with Crippen LogP contribution in [0.3, 0.4) is 0 Å². The van der Waals surface area contributed by atoms with E-state index in [1.807, 2.05) is 29.8 Å². The van der Waals surface area contributed by atoms with Crippen molar-refractivity contribution < 1.29 is 9.72 Å². The van der Waals surface area contributed by atoms with Crippen molar-refractivity contribution in [3.63, 3.8) is 0 Å². The standard InChI is InChI=1S/C22H20ClN5O3S/c1-14-7-8-17(23)20-19(14)25-22(32-20)27(11-4-10-26-12-9-24-13-26)21(29)16-5-3-6-18(15(16)2)28(30)31/h3,5-9,12-13H,4,10-11H2,1-2H3. The van der Waals surface area contributed by atoms with Crippen molar-refractivity contribution in [2.45, 2.75) is 26.8 Å². The van der Waals surface area contributed by atoms with Crippen LogP contribution in [-0.2, 0) is 6.54 Å². The molecule has 0 aliphatic heterocycles. The molecule has 8 nitrogen and oxygen atoms in total. The number of carbonyl (C=O) groups excluding carboxylic acids is 1. The molecule has 0 saturated carbocycles. The van der Waals surface area contributed by atoms with Gasteiger partial charge in [-0.1, -0.05) is 35.1 Å². The van der Waals surface area contributed by atoms with Crippen LogP contribution in [0.4, 0.5) is 10.8 Å². The highest BCUT2D eigenvalue weighted by Gasteiger charge is 2.26. The van der Waals surface area contributed by atoms with E-state index in [1.165, 1.54) is 23.5 Å². The van der Waals surface area contributed by atoms with Gasteiger partial charge in [0.05, 0.1) is 26.5 Å². The minimum Gasteiger partial charge on any atom is -0.337 e. The Hall–Kier alpha value is -3.30. The van der Waals surface area contributed by atoms with Crippen molar-refractivity contribution in [2.75, 3.05) is 11.4 Å². The first-order valence-electron chi connectivity index (χ1n) is 9.94. The van der Waals surface area contributed by atoms with Crippen LogP contribution in [0, 0.1) is 24.0 Å². The first-order valence-corrected chi connectivity index (χ1v) is 11.1. The van der Waals surface area contributed by atoms with Gasteiger partial charge in [-0.2, -0.15) is 0 Å². The Balaban J connectivity index is 1.73. The van der Waals surface area contributed by atoms with E-state index in [4.69, 9.17) is 16.6 Å². The molecule has 0 atom stereocenters. The molecule has 0 unspecified atom stereocenters. The topological polar surface area (TPSA) is 94.2 Å². The lowest BCUT2D eigenvalue weighted by molar-refractivity contribution is -0.385. The zero-order valence-electron chi connectivity index (χ0n) is 17.5. The summed E-state index contributed by atoms with van der Waals surface area (Å²) in [4.78, 5) is 34.8. The Labute approximate surface area is 193 Å². The van der Waals surface area contributed by atoms with Crippen LogP contribution < -0.4 is 4.90 Å². The van der Waals surface area contributed by atoms with Gasteiger partial charge in [-0.05, 0) is 38.0 Å². The van der Waals surface area contributed by atoms with Gasteiger partial charge in [0.25, 0.3) is 11.6 Å². The molecule has 164 valence electrons. The molecule has 1 amide bonds. The number of carbonyl (C=O) groups is 1. The Morgan fingerprint density at radius 1 is 1.28 bits per heavy atom. The van der Waals surface area contributed by atoms with Gasteiger partial charge in [-0.3, -0.25) is 19.8 Å². The molecule has 4 rings (SSSR count). The molecule has 0 bridgehead atoms. The number of nitro groups is 1. The number of rotatable bonds is 7. The molecule has 0 spiro atoms. The Morgan fingerprint density at radius 3 is 2.78 bits per heavy atom. The molecule has 4 aromatic rings. The number of hydrogen-bond donors (Lipinski definition) is 0. The average Bonchev–Trinajstić information content (AvgIpc) is 3.44. The van der Waals surface area contributed by atoms with Gasteiger partial charge in [0.15, 0.2) is 5.13 Å². The molecule has 0 radical (unpaired) electrons. The second-order valence-corrected chi connectivity index (χ2v) is 8.74. The predicted molar refractivity (Wildman–Crippen MR) is 126 cm³/mol. The van der Waals surface area contributed by atoms with Crippen LogP contribution in [0.5, 0.6) is 0 Å². The van der Waals surface area contributed by atoms with Gasteiger partial charge in [-0.25, -0.2) is 9.97 Å². The summed E-state index contributed by atoms with van der Waals surface area (Å²) < 4.78 is 2.74. The van der Waals surface area contributed by atoms with Gasteiger partial charge in [0, 0.05) is 42.7 Å². The molecule has 0 fully saturated rings. The third-order valence-electron chi connectivity index (χ3n) is 5.25. The van der Waals surface area contributed by atoms with Crippen LogP contribution in [0.1, 0.15) is 27.9 Å². The quantitative estimate of drug-likeness (QED) is 0.266. The summed E-state index contributed by atoms with van der Waals surface area (Å²) in [7, 11) is 0. The maximum Gasteiger partial charge on any atom is 0.273 e. The summed E-state index contributed by atoms with van der Waals surface area (Å²) in [6, 6.07) is 8.25. The summed E-state index contributed by atoms with van der Waals surface area (Å²) in [5.41, 5.74) is 2.24. The number of benzene rings is 2. The lowest BCUT2D eigenvalue weighted by atomic mass is 10.1. The molecule has 2 aromatic heterocycles. The number of halogens is 1. The zero-order valence-corrected chi connectivity index (χ0v) is 19.1. The van der Waals surface area contributed by atoms with Crippen molar-refractivity contribution in [1.29, 1.82) is 0 Å². The number of hydrogen-bond acceptors (Lipinski definition) is 6. The van der Waals surface area contributed by atoms with Crippen molar-refractivity contribution in [3.05, 3.63) is 80.9 Å². The summed E-state index contributed by atoms with van der Waals surface area (Å²) in [6.45, 7) is 4.59. The van der Waals surface area contributed by atoms with Crippen LogP contribution in [0.2, 0.25) is 5.02 Å². The summed E-state index contributed by atoms with van der Waals surface area (Å²) >= 11 is 7.72. The van der Waals surface area contributed by atoms with E-state index in [1.54, 1.807) is 30.4 Å². The second-order valence-electron chi connectivity index (χ2n) is 7.36. The second kappa shape index (κ2) is 9.05. The maximum absolute atomic E-state index is 13.6. The number of thiazole rings is 1. The highest BCUT2D eigenvalue weighted by molar-refractivity contribution is 7.23. The van der Waals surface area contributed by atoms with Crippen LogP contribution in [0.25, 0.3) is 10.2 Å². The summed E-state index contributed by atoms with van der Waals surface area (Å²) in [6.07, 6.45) is 5.93. The number of anilines is 1. The van der Waals surface area contributed by atoms with Crippen molar-refractivity contribution >= 4 is 49.9 Å². The lowest BCUT2D eigenvalue weighted by Crippen LogP contribution is -2.33. The molecule has 2 heterocycles. The molecular weight excluding hydrogens is 450 g/mol. The van der Waals surface area contributed by atoms with Crippen LogP contribution in [-0.4, -0.2) is 31.9 Å². The number of nitrogens with zero attached hydrogens (tertiary/aromatic N) is 5. The van der Waals surface area contributed by atoms with Crippen molar-refractivity contribution in [3.8, 4) is 0 Å². The molecule has 0 aliphatic carbocycles. The largest absolute Gasteiger partial charge is 0.337 e. The lowest BCUT2D eigenvalue weighted by Gasteiger charge is -2.21. The van der Waals surface area contributed by atoms with E-state index in [0.29, 0.717) is 35.2 Å². The number of imidazole rings is 1. The van der Waals surface area contributed by atoms with Gasteiger partial charge in [-0.15, -0.1) is 0 Å². The minimum atomic E-state index is -0.476. The third-order valence-corrected chi connectivity index (χ3v) is 6.79. The van der Waals surface area contributed by atoms with E-state index < -0.39 is 4.92 Å². The Kier molecular flexibility index (Phi) is 6.20. The normalized spacial score (nSPS) is 11.1. The van der Waals surface area contributed by atoms with E-state index >= 15 is 0 Å². The third kappa shape index (κ3) is 4.21. The molecule has 0 saturated heterocycles. The summed E-state index contributed by atoms with van der Waals surface area (Å²) in [5.74, 6) is -0.329. The number of aromatic nitrogens is 3. The molecular formula is C22H20ClN5O3S. The van der Waals surface area contributed by atoms with Gasteiger partial charge in [0.1, 0.15) is 0 Å². The smallest absolute Gasteiger partial charge is 0.273 e. The minimum absolute atomic E-state index is 0.0857. The molecule has 0 aliphatic rings. The Bertz CT molecular complexity index is 1260. The first-order chi connectivity index (χ1) is 15.4. The fourth-order valence-corrected chi connectivity index (χ4v) is 4.86. The monoisotopic (exact) mass is 469 g/mol. The fraction of sp³-hybridized carbons (Fsp3) is 0.227. The first kappa shape index (κ1) is 21.9. The highest BCUT2D eigenvalue weighted by atomic mass is 35.5. The average molecular weight is 470 g/mol. The highest BCUT2D eigenvalue weighted by Crippen LogP contribution is 2.36. The van der Waals surface area contributed by atoms with Crippen LogP contribution >= 0.6 is 22.9 Å². The molecule has 0 N–H and O–H groups in total. The number of fused-ring (bicyclic) bond motifs is 1. The SMILES string of the molecule is Cc1c(C(=O)N(CCCn2ccnc2)c2nc3c(C)ccc(Cl)c3s2)cccc1[N+](=O)[O-]. The number of aryl methyl sites for hydroxylation is 2. The molecule has 32 heavy (non-hydrogen) atoms. The van der Waals surface area contributed by atoms with Crippen molar-refractivity contribution in [2.24, 2.45) is 0 Å². The van der Waals surface area contributed by atoms with Gasteiger partial charge < -0.3 is 4.57 Å². The van der Waals surface area contributed by atoms with E-state index in [2.05, 4.69) is 4.98 Å². The molecule has 2 aromatic carbocycles. The zero-order chi connectivity index (χ0) is 22.8. The van der Waals surface area contributed by atoms with E-state index in [-0.39, 0.29) is 17.2 Å². The van der Waals surface area contributed by atoms with Gasteiger partial charge in [0.2, 0.25) is 0 Å². The van der Waals surface area contributed by atoms with Gasteiger partial charge >= 0.3 is 0 Å². The Morgan fingerprint density at radius 2 is 2.09 bits per heavy atom. The predicted octanol–water partition coefficient (Wildman–Crippen LogP) is 5.41. The number of amides is 1.